The summed E-state index contributed by atoms with van der Waals surface area (Å²) in [5.74, 6) is 2.08. The van der Waals surface area contributed by atoms with Crippen molar-refractivity contribution < 1.29 is 14.2 Å². The van der Waals surface area contributed by atoms with Crippen molar-refractivity contribution in [3.8, 4) is 17.2 Å². The molecule has 0 saturated heterocycles. The third-order valence-corrected chi connectivity index (χ3v) is 3.79. The van der Waals surface area contributed by atoms with E-state index in [1.54, 1.807) is 21.3 Å². The van der Waals surface area contributed by atoms with Gasteiger partial charge in [0.05, 0.1) is 27.4 Å². The summed E-state index contributed by atoms with van der Waals surface area (Å²) in [6, 6.07) is 11.1. The lowest BCUT2D eigenvalue weighted by atomic mass is 9.98. The SMILES string of the molecule is COc1ccc(C(N)c2cc(Br)ccc2OC)cc1OC. The molecule has 1 atom stereocenters. The first kappa shape index (κ1) is 15.7. The maximum atomic E-state index is 6.38. The molecule has 0 aromatic heterocycles. The minimum atomic E-state index is -0.322. The lowest BCUT2D eigenvalue weighted by Gasteiger charge is -2.18. The fourth-order valence-corrected chi connectivity index (χ4v) is 2.55. The Labute approximate surface area is 132 Å². The zero-order valence-corrected chi connectivity index (χ0v) is 13.8. The number of rotatable bonds is 5. The lowest BCUT2D eigenvalue weighted by Crippen LogP contribution is -2.13. The van der Waals surface area contributed by atoms with Gasteiger partial charge in [-0.3, -0.25) is 0 Å². The molecule has 0 heterocycles. The summed E-state index contributed by atoms with van der Waals surface area (Å²) in [6.07, 6.45) is 0. The second-order valence-electron chi connectivity index (χ2n) is 4.48. The highest BCUT2D eigenvalue weighted by Gasteiger charge is 2.16. The van der Waals surface area contributed by atoms with Crippen LogP contribution in [-0.4, -0.2) is 21.3 Å². The third kappa shape index (κ3) is 3.31. The molecule has 0 bridgehead atoms. The molecule has 2 aromatic carbocycles. The maximum Gasteiger partial charge on any atom is 0.161 e. The molecule has 112 valence electrons. The van der Waals surface area contributed by atoms with E-state index in [1.807, 2.05) is 36.4 Å². The zero-order valence-electron chi connectivity index (χ0n) is 12.2. The van der Waals surface area contributed by atoms with Gasteiger partial charge < -0.3 is 19.9 Å². The van der Waals surface area contributed by atoms with Gasteiger partial charge in [-0.05, 0) is 35.9 Å². The summed E-state index contributed by atoms with van der Waals surface area (Å²) in [5.41, 5.74) is 8.20. The number of benzene rings is 2. The molecule has 2 aromatic rings. The van der Waals surface area contributed by atoms with E-state index < -0.39 is 0 Å². The molecular formula is C16H18BrNO3. The highest BCUT2D eigenvalue weighted by atomic mass is 79.9. The van der Waals surface area contributed by atoms with Crippen molar-refractivity contribution in [3.63, 3.8) is 0 Å². The van der Waals surface area contributed by atoms with E-state index in [-0.39, 0.29) is 6.04 Å². The zero-order chi connectivity index (χ0) is 15.4. The Hall–Kier alpha value is -1.72. The molecule has 0 saturated carbocycles. The first-order valence-corrected chi connectivity index (χ1v) is 7.21. The van der Waals surface area contributed by atoms with Crippen molar-refractivity contribution in [3.05, 3.63) is 52.0 Å². The fourth-order valence-electron chi connectivity index (χ4n) is 2.17. The second-order valence-corrected chi connectivity index (χ2v) is 5.39. The fraction of sp³-hybridized carbons (Fsp3) is 0.250. The number of methoxy groups -OCH3 is 3. The van der Waals surface area contributed by atoms with Gasteiger partial charge in [0, 0.05) is 10.0 Å². The van der Waals surface area contributed by atoms with Crippen LogP contribution >= 0.6 is 15.9 Å². The second kappa shape index (κ2) is 6.83. The van der Waals surface area contributed by atoms with Crippen LogP contribution in [0.1, 0.15) is 17.2 Å². The molecule has 2 N–H and O–H groups in total. The van der Waals surface area contributed by atoms with Crippen molar-refractivity contribution in [1.29, 1.82) is 0 Å². The van der Waals surface area contributed by atoms with Crippen molar-refractivity contribution >= 4 is 15.9 Å². The van der Waals surface area contributed by atoms with Gasteiger partial charge in [0.15, 0.2) is 11.5 Å². The molecule has 0 spiro atoms. The monoisotopic (exact) mass is 351 g/mol. The summed E-state index contributed by atoms with van der Waals surface area (Å²) in [7, 11) is 4.84. The van der Waals surface area contributed by atoms with Gasteiger partial charge in [0.1, 0.15) is 5.75 Å². The topological polar surface area (TPSA) is 53.7 Å². The summed E-state index contributed by atoms with van der Waals surface area (Å²) in [5, 5.41) is 0. The maximum absolute atomic E-state index is 6.38. The van der Waals surface area contributed by atoms with Gasteiger partial charge in [0.2, 0.25) is 0 Å². The van der Waals surface area contributed by atoms with Crippen LogP contribution in [0.2, 0.25) is 0 Å². The van der Waals surface area contributed by atoms with Crippen molar-refractivity contribution in [1.82, 2.24) is 0 Å². The molecule has 1 unspecified atom stereocenters. The molecule has 4 nitrogen and oxygen atoms in total. The lowest BCUT2D eigenvalue weighted by molar-refractivity contribution is 0.354. The van der Waals surface area contributed by atoms with Gasteiger partial charge in [-0.25, -0.2) is 0 Å². The average Bonchev–Trinajstić information content (AvgIpc) is 2.53. The summed E-state index contributed by atoms with van der Waals surface area (Å²) < 4.78 is 16.9. The van der Waals surface area contributed by atoms with E-state index in [2.05, 4.69) is 15.9 Å². The van der Waals surface area contributed by atoms with E-state index in [0.29, 0.717) is 11.5 Å². The van der Waals surface area contributed by atoms with E-state index in [0.717, 1.165) is 21.3 Å². The predicted molar refractivity (Wildman–Crippen MR) is 86.3 cm³/mol. The van der Waals surface area contributed by atoms with Gasteiger partial charge in [-0.2, -0.15) is 0 Å². The van der Waals surface area contributed by atoms with Crippen LogP contribution in [0.5, 0.6) is 17.2 Å². The summed E-state index contributed by atoms with van der Waals surface area (Å²) in [6.45, 7) is 0. The van der Waals surface area contributed by atoms with Gasteiger partial charge >= 0.3 is 0 Å². The van der Waals surface area contributed by atoms with Crippen molar-refractivity contribution in [2.75, 3.05) is 21.3 Å². The van der Waals surface area contributed by atoms with Crippen LogP contribution in [-0.2, 0) is 0 Å². The number of halogens is 1. The minimum Gasteiger partial charge on any atom is -0.496 e. The Bertz CT molecular complexity index is 631. The Kier molecular flexibility index (Phi) is 5.09. The number of ether oxygens (including phenoxy) is 3. The van der Waals surface area contributed by atoms with Crippen LogP contribution in [0.15, 0.2) is 40.9 Å². The van der Waals surface area contributed by atoms with Gasteiger partial charge in [-0.1, -0.05) is 22.0 Å². The first-order valence-electron chi connectivity index (χ1n) is 6.41. The molecule has 0 aliphatic heterocycles. The van der Waals surface area contributed by atoms with Crippen LogP contribution in [0.4, 0.5) is 0 Å². The van der Waals surface area contributed by atoms with E-state index in [9.17, 15) is 0 Å². The van der Waals surface area contributed by atoms with Gasteiger partial charge in [-0.15, -0.1) is 0 Å². The smallest absolute Gasteiger partial charge is 0.161 e. The van der Waals surface area contributed by atoms with E-state index >= 15 is 0 Å². The van der Waals surface area contributed by atoms with Crippen LogP contribution in [0.25, 0.3) is 0 Å². The Morgan fingerprint density at radius 2 is 1.48 bits per heavy atom. The summed E-state index contributed by atoms with van der Waals surface area (Å²) in [4.78, 5) is 0. The molecular weight excluding hydrogens is 334 g/mol. The molecule has 2 rings (SSSR count). The molecule has 21 heavy (non-hydrogen) atoms. The molecule has 5 heteroatoms. The quantitative estimate of drug-likeness (QED) is 0.895. The molecule has 0 aliphatic carbocycles. The number of hydrogen-bond acceptors (Lipinski definition) is 4. The molecule has 0 amide bonds. The Morgan fingerprint density at radius 1 is 0.857 bits per heavy atom. The van der Waals surface area contributed by atoms with E-state index in [1.165, 1.54) is 0 Å². The van der Waals surface area contributed by atoms with Crippen molar-refractivity contribution in [2.45, 2.75) is 6.04 Å². The molecule has 0 fully saturated rings. The van der Waals surface area contributed by atoms with Crippen LogP contribution in [0, 0.1) is 0 Å². The predicted octanol–water partition coefficient (Wildman–Crippen LogP) is 3.52. The minimum absolute atomic E-state index is 0.322. The molecule has 0 radical (unpaired) electrons. The average molecular weight is 352 g/mol. The Balaban J connectivity index is 2.44. The number of hydrogen-bond donors (Lipinski definition) is 1. The first-order chi connectivity index (χ1) is 10.1. The highest BCUT2D eigenvalue weighted by molar-refractivity contribution is 9.10. The molecule has 0 aliphatic rings. The van der Waals surface area contributed by atoms with Crippen LogP contribution in [0.3, 0.4) is 0 Å². The highest BCUT2D eigenvalue weighted by Crippen LogP contribution is 2.35. The normalized spacial score (nSPS) is 11.9. The third-order valence-electron chi connectivity index (χ3n) is 3.29. The Morgan fingerprint density at radius 3 is 2.10 bits per heavy atom. The number of nitrogens with two attached hydrogens (primary N) is 1. The van der Waals surface area contributed by atoms with Gasteiger partial charge in [0.25, 0.3) is 0 Å². The standard InChI is InChI=1S/C16H18BrNO3/c1-19-13-7-5-11(17)9-12(13)16(18)10-4-6-14(20-2)15(8-10)21-3/h4-9,16H,18H2,1-3H3. The van der Waals surface area contributed by atoms with E-state index in [4.69, 9.17) is 19.9 Å². The summed E-state index contributed by atoms with van der Waals surface area (Å²) >= 11 is 3.46. The van der Waals surface area contributed by atoms with Crippen LogP contribution < -0.4 is 19.9 Å². The largest absolute Gasteiger partial charge is 0.496 e. The van der Waals surface area contributed by atoms with Crippen molar-refractivity contribution in [2.24, 2.45) is 5.73 Å².